The van der Waals surface area contributed by atoms with Gasteiger partial charge in [-0.1, -0.05) is 12.1 Å². The van der Waals surface area contributed by atoms with Crippen LogP contribution in [0, 0.1) is 5.82 Å². The van der Waals surface area contributed by atoms with Gasteiger partial charge in [-0.2, -0.15) is 0 Å². The van der Waals surface area contributed by atoms with Gasteiger partial charge in [0, 0.05) is 23.8 Å². The topological polar surface area (TPSA) is 40.2 Å². The third kappa shape index (κ3) is 3.23. The molecule has 106 valence electrons. The maximum atomic E-state index is 13.1. The Hall–Kier alpha value is -2.75. The first-order valence-electron chi connectivity index (χ1n) is 6.62. The van der Waals surface area contributed by atoms with Crippen molar-refractivity contribution >= 4 is 5.69 Å². The van der Waals surface area contributed by atoms with Crippen LogP contribution in [0.5, 0.6) is 5.75 Å². The number of nitrogen functional groups attached to an aromatic ring is 1. The van der Waals surface area contributed by atoms with Crippen LogP contribution in [-0.4, -0.2) is 4.57 Å². The highest BCUT2D eigenvalue weighted by atomic mass is 19.1. The van der Waals surface area contributed by atoms with E-state index in [0.717, 1.165) is 22.7 Å². The molecule has 0 aliphatic carbocycles. The van der Waals surface area contributed by atoms with Gasteiger partial charge in [0.05, 0.1) is 0 Å². The summed E-state index contributed by atoms with van der Waals surface area (Å²) in [6.45, 7) is 0.341. The summed E-state index contributed by atoms with van der Waals surface area (Å²) in [6, 6.07) is 15.9. The molecule has 4 heteroatoms. The molecule has 0 fully saturated rings. The van der Waals surface area contributed by atoms with E-state index in [9.17, 15) is 4.39 Å². The highest BCUT2D eigenvalue weighted by molar-refractivity contribution is 5.43. The van der Waals surface area contributed by atoms with E-state index in [-0.39, 0.29) is 5.82 Å². The first-order chi connectivity index (χ1) is 10.2. The Balaban J connectivity index is 1.67. The van der Waals surface area contributed by atoms with Crippen molar-refractivity contribution in [2.45, 2.75) is 6.61 Å². The zero-order valence-corrected chi connectivity index (χ0v) is 11.4. The van der Waals surface area contributed by atoms with Crippen LogP contribution < -0.4 is 10.5 Å². The molecule has 0 saturated heterocycles. The van der Waals surface area contributed by atoms with Gasteiger partial charge in [-0.05, 0) is 48.0 Å². The molecule has 3 aromatic rings. The first kappa shape index (κ1) is 13.2. The van der Waals surface area contributed by atoms with E-state index >= 15 is 0 Å². The standard InChI is InChI=1S/C17H15FN2O/c18-14-3-1-2-13(10-14)12-21-17-6-4-16(5-7-17)20-9-8-15(19)11-20/h1-11H,12,19H2. The van der Waals surface area contributed by atoms with Gasteiger partial charge in [-0.15, -0.1) is 0 Å². The molecule has 0 saturated carbocycles. The van der Waals surface area contributed by atoms with Crippen molar-refractivity contribution in [2.75, 3.05) is 5.73 Å². The largest absolute Gasteiger partial charge is 0.489 e. The number of aromatic nitrogens is 1. The number of halogens is 1. The number of ether oxygens (including phenoxy) is 1. The molecule has 0 unspecified atom stereocenters. The Bertz CT molecular complexity index is 735. The molecular formula is C17H15FN2O. The summed E-state index contributed by atoms with van der Waals surface area (Å²) < 4.78 is 20.6. The fraction of sp³-hybridized carbons (Fsp3) is 0.0588. The summed E-state index contributed by atoms with van der Waals surface area (Å²) in [4.78, 5) is 0. The molecule has 2 aromatic carbocycles. The molecule has 1 heterocycles. The van der Waals surface area contributed by atoms with Crippen LogP contribution in [0.15, 0.2) is 67.0 Å². The van der Waals surface area contributed by atoms with E-state index in [1.807, 2.05) is 53.4 Å². The van der Waals surface area contributed by atoms with Crippen molar-refractivity contribution in [2.24, 2.45) is 0 Å². The number of rotatable bonds is 4. The molecule has 2 N–H and O–H groups in total. The van der Waals surface area contributed by atoms with Crippen molar-refractivity contribution < 1.29 is 9.13 Å². The predicted molar refractivity (Wildman–Crippen MR) is 80.9 cm³/mol. The zero-order chi connectivity index (χ0) is 14.7. The summed E-state index contributed by atoms with van der Waals surface area (Å²) in [5, 5.41) is 0. The molecule has 0 amide bonds. The van der Waals surface area contributed by atoms with E-state index in [1.165, 1.54) is 12.1 Å². The minimum absolute atomic E-state index is 0.253. The number of hydrogen-bond acceptors (Lipinski definition) is 2. The lowest BCUT2D eigenvalue weighted by atomic mass is 10.2. The van der Waals surface area contributed by atoms with Crippen LogP contribution >= 0.6 is 0 Å². The van der Waals surface area contributed by atoms with Gasteiger partial charge in [0.1, 0.15) is 18.2 Å². The van der Waals surface area contributed by atoms with Gasteiger partial charge in [-0.25, -0.2) is 4.39 Å². The van der Waals surface area contributed by atoms with Gasteiger partial charge >= 0.3 is 0 Å². The molecule has 0 bridgehead atoms. The lowest BCUT2D eigenvalue weighted by Crippen LogP contribution is -1.96. The van der Waals surface area contributed by atoms with Crippen molar-refractivity contribution in [3.05, 3.63) is 78.4 Å². The number of nitrogens with zero attached hydrogens (tertiary/aromatic N) is 1. The van der Waals surface area contributed by atoms with Gasteiger partial charge in [0.15, 0.2) is 0 Å². The minimum Gasteiger partial charge on any atom is -0.489 e. The summed E-state index contributed by atoms with van der Waals surface area (Å²) in [5.41, 5.74) is 8.22. The SMILES string of the molecule is Nc1ccn(-c2ccc(OCc3cccc(F)c3)cc2)c1. The van der Waals surface area contributed by atoms with Crippen molar-refractivity contribution in [1.82, 2.24) is 4.57 Å². The molecular weight excluding hydrogens is 267 g/mol. The number of benzene rings is 2. The molecule has 0 atom stereocenters. The van der Waals surface area contributed by atoms with Crippen LogP contribution in [0.1, 0.15) is 5.56 Å². The van der Waals surface area contributed by atoms with Gasteiger partial charge < -0.3 is 15.0 Å². The van der Waals surface area contributed by atoms with Crippen LogP contribution in [-0.2, 0) is 6.61 Å². The zero-order valence-electron chi connectivity index (χ0n) is 11.4. The summed E-state index contributed by atoms with van der Waals surface area (Å²) in [5.74, 6) is 0.486. The predicted octanol–water partition coefficient (Wildman–Crippen LogP) is 3.78. The van der Waals surface area contributed by atoms with Crippen molar-refractivity contribution in [3.63, 3.8) is 0 Å². The summed E-state index contributed by atoms with van der Waals surface area (Å²) in [7, 11) is 0. The second-order valence-electron chi connectivity index (χ2n) is 4.76. The molecule has 21 heavy (non-hydrogen) atoms. The maximum Gasteiger partial charge on any atom is 0.123 e. The van der Waals surface area contributed by atoms with Crippen LogP contribution in [0.4, 0.5) is 10.1 Å². The van der Waals surface area contributed by atoms with Gasteiger partial charge in [0.25, 0.3) is 0 Å². The third-order valence-electron chi connectivity index (χ3n) is 3.15. The maximum absolute atomic E-state index is 13.1. The fourth-order valence-corrected chi connectivity index (χ4v) is 2.08. The molecule has 0 aliphatic heterocycles. The molecule has 0 radical (unpaired) electrons. The second kappa shape index (κ2) is 5.71. The Morgan fingerprint density at radius 3 is 2.52 bits per heavy atom. The van der Waals surface area contributed by atoms with E-state index in [0.29, 0.717) is 6.61 Å². The van der Waals surface area contributed by atoms with Gasteiger partial charge in [-0.3, -0.25) is 0 Å². The Morgan fingerprint density at radius 1 is 1.05 bits per heavy atom. The Labute approximate surface area is 122 Å². The molecule has 0 aliphatic rings. The van der Waals surface area contributed by atoms with Gasteiger partial charge in [0.2, 0.25) is 0 Å². The minimum atomic E-state index is -0.253. The van der Waals surface area contributed by atoms with E-state index < -0.39 is 0 Å². The fourth-order valence-electron chi connectivity index (χ4n) is 2.08. The monoisotopic (exact) mass is 282 g/mol. The smallest absolute Gasteiger partial charge is 0.123 e. The molecule has 3 rings (SSSR count). The molecule has 1 aromatic heterocycles. The van der Waals surface area contributed by atoms with E-state index in [1.54, 1.807) is 6.07 Å². The quantitative estimate of drug-likeness (QED) is 0.791. The lowest BCUT2D eigenvalue weighted by molar-refractivity contribution is 0.305. The average Bonchev–Trinajstić information content (AvgIpc) is 2.92. The van der Waals surface area contributed by atoms with E-state index in [4.69, 9.17) is 10.5 Å². The third-order valence-corrected chi connectivity index (χ3v) is 3.15. The highest BCUT2D eigenvalue weighted by Crippen LogP contribution is 2.18. The van der Waals surface area contributed by atoms with Crippen LogP contribution in [0.25, 0.3) is 5.69 Å². The number of nitrogens with two attached hydrogens (primary N) is 1. The molecule has 3 nitrogen and oxygen atoms in total. The lowest BCUT2D eigenvalue weighted by Gasteiger charge is -2.08. The average molecular weight is 282 g/mol. The van der Waals surface area contributed by atoms with Crippen molar-refractivity contribution in [3.8, 4) is 11.4 Å². The molecule has 0 spiro atoms. The second-order valence-corrected chi connectivity index (χ2v) is 4.76. The number of hydrogen-bond donors (Lipinski definition) is 1. The summed E-state index contributed by atoms with van der Waals surface area (Å²) >= 11 is 0. The first-order valence-corrected chi connectivity index (χ1v) is 6.62. The Morgan fingerprint density at radius 2 is 1.86 bits per heavy atom. The normalized spacial score (nSPS) is 10.5. The van der Waals surface area contributed by atoms with Crippen LogP contribution in [0.3, 0.4) is 0 Å². The Kier molecular flexibility index (Phi) is 3.60. The van der Waals surface area contributed by atoms with Crippen molar-refractivity contribution in [1.29, 1.82) is 0 Å². The highest BCUT2D eigenvalue weighted by Gasteiger charge is 2.00. The van der Waals surface area contributed by atoms with E-state index in [2.05, 4.69) is 0 Å². The number of anilines is 1. The van der Waals surface area contributed by atoms with Crippen LogP contribution in [0.2, 0.25) is 0 Å². The summed E-state index contributed by atoms with van der Waals surface area (Å²) in [6.07, 6.45) is 3.75.